The molecule has 19 nitrogen and oxygen atoms in total. The number of anilines is 1. The van der Waals surface area contributed by atoms with Gasteiger partial charge in [-0.05, 0) is 26.2 Å². The number of imidazole rings is 1. The number of rotatable bonds is 13. The summed E-state index contributed by atoms with van der Waals surface area (Å²) >= 11 is 0.558. The van der Waals surface area contributed by atoms with Crippen molar-refractivity contribution in [3.8, 4) is 0 Å². The number of nitrogens with one attached hydrogen (secondary N) is 1. The number of aromatic amines is 1. The number of ether oxygens (including phenoxy) is 5. The van der Waals surface area contributed by atoms with Gasteiger partial charge in [-0.25, -0.2) is 29.1 Å². The van der Waals surface area contributed by atoms with E-state index in [2.05, 4.69) is 19.9 Å². The number of fused-ring (bicyclic) bond motifs is 1. The molecule has 0 aliphatic carbocycles. The molecule has 0 radical (unpaired) electrons. The minimum Gasteiger partial charge on any atom is -0.432 e. The van der Waals surface area contributed by atoms with Crippen LogP contribution in [0.2, 0.25) is 0 Å². The van der Waals surface area contributed by atoms with Crippen molar-refractivity contribution in [3.05, 3.63) is 45.8 Å². The fourth-order valence-electron chi connectivity index (χ4n) is 5.19. The van der Waals surface area contributed by atoms with Gasteiger partial charge in [0.1, 0.15) is 36.4 Å². The Morgan fingerprint density at radius 3 is 2.70 bits per heavy atom. The van der Waals surface area contributed by atoms with Crippen LogP contribution in [0.4, 0.5) is 10.6 Å². The highest BCUT2D eigenvalue weighted by atomic mass is 32.7. The molecule has 0 amide bonds. The number of carbonyl (C=O) groups is 1. The first kappa shape index (κ1) is 35.0. The monoisotopic (exact) mass is 701 g/mol. The quantitative estimate of drug-likeness (QED) is 0.130. The Hall–Kier alpha value is -3.36. The molecule has 4 N–H and O–H groups in total. The number of hydrogen-bond donors (Lipinski definition) is 3. The van der Waals surface area contributed by atoms with Crippen LogP contribution in [-0.4, -0.2) is 97.1 Å². The molecule has 2 aliphatic heterocycles. The highest BCUT2D eigenvalue weighted by molar-refractivity contribution is 8.55. The third kappa shape index (κ3) is 7.86. The molecule has 0 aromatic carbocycles. The number of aromatic nitrogens is 6. The summed E-state index contributed by atoms with van der Waals surface area (Å²) in [7, 11) is 1.31. The Morgan fingerprint density at radius 2 is 2.00 bits per heavy atom. The molecule has 8 atom stereocenters. The molecular formula is C26H36N7O12PS. The average molecular weight is 702 g/mol. The van der Waals surface area contributed by atoms with Crippen molar-refractivity contribution in [1.82, 2.24) is 29.1 Å². The minimum atomic E-state index is -4.27. The maximum absolute atomic E-state index is 14.3. The third-order valence-electron chi connectivity index (χ3n) is 7.47. The van der Waals surface area contributed by atoms with Gasteiger partial charge in [-0.2, -0.15) is 0 Å². The van der Waals surface area contributed by atoms with Crippen molar-refractivity contribution >= 4 is 41.3 Å². The maximum Gasteiger partial charge on any atom is 0.509 e. The first-order valence-corrected chi connectivity index (χ1v) is 17.7. The molecular weight excluding hydrogens is 665 g/mol. The normalized spacial score (nSPS) is 27.3. The fraction of sp³-hybridized carbons (Fsp3) is 0.615. The van der Waals surface area contributed by atoms with E-state index < -0.39 is 79.7 Å². The van der Waals surface area contributed by atoms with Gasteiger partial charge in [0.05, 0.1) is 31.7 Å². The van der Waals surface area contributed by atoms with E-state index in [1.807, 2.05) is 6.92 Å². The van der Waals surface area contributed by atoms with Crippen LogP contribution in [0.15, 0.2) is 34.5 Å². The average Bonchev–Trinajstić information content (AvgIpc) is 3.71. The summed E-state index contributed by atoms with van der Waals surface area (Å²) in [6.07, 6.45) is -2.54. The van der Waals surface area contributed by atoms with Gasteiger partial charge in [0, 0.05) is 30.8 Å². The Kier molecular flexibility index (Phi) is 11.0. The SMILES string of the molecule is COC1C(OP(=O)(OCC2OC(n3cnc4c(N)ncnc43)CC2C)SCOC(=O)OC(C)C)C(CO)OC1n1ccc(=O)[nH]c1=O. The Labute approximate surface area is 271 Å². The van der Waals surface area contributed by atoms with Crippen LogP contribution in [0.5, 0.6) is 0 Å². The van der Waals surface area contributed by atoms with Gasteiger partial charge in [0.15, 0.2) is 23.6 Å². The zero-order valence-electron chi connectivity index (χ0n) is 25.9. The zero-order valence-corrected chi connectivity index (χ0v) is 27.6. The van der Waals surface area contributed by atoms with Crippen LogP contribution in [0, 0.1) is 5.92 Å². The van der Waals surface area contributed by atoms with Crippen LogP contribution in [0.3, 0.4) is 0 Å². The summed E-state index contributed by atoms with van der Waals surface area (Å²) in [5, 5.41) is 10.1. The van der Waals surface area contributed by atoms with E-state index in [9.17, 15) is 24.1 Å². The number of nitrogen functional groups attached to an aromatic ring is 1. The first-order valence-electron chi connectivity index (χ1n) is 14.5. The van der Waals surface area contributed by atoms with Gasteiger partial charge in [0.2, 0.25) is 0 Å². The maximum atomic E-state index is 14.3. The summed E-state index contributed by atoms with van der Waals surface area (Å²) in [4.78, 5) is 50.8. The summed E-state index contributed by atoms with van der Waals surface area (Å²) in [6, 6.07) is 1.11. The standard InChI is InChI=1S/C26H36N7O12PS/c1-13(2)42-26(37)40-12-47-46(38,45-20-15(8-34)44-24(21(20)39-4)32-6-5-17(35)31-25(32)36)41-9-16-14(3)7-18(43-16)33-11-30-19-22(27)28-10-29-23(19)33/h5-6,10-11,13-16,18,20-21,24,34H,7-9,12H2,1-4H3,(H2,27,28,29)(H,31,35,36). The topological polar surface area (TPSA) is 243 Å². The number of nitrogens with two attached hydrogens (primary N) is 1. The number of carbonyl (C=O) groups excluding carboxylic acids is 1. The van der Waals surface area contributed by atoms with E-state index >= 15 is 0 Å². The highest BCUT2D eigenvalue weighted by Crippen LogP contribution is 2.63. The van der Waals surface area contributed by atoms with Gasteiger partial charge in [-0.15, -0.1) is 0 Å². The second kappa shape index (κ2) is 14.8. The summed E-state index contributed by atoms with van der Waals surface area (Å²) in [6.45, 7) is 0.117. The van der Waals surface area contributed by atoms with Crippen molar-refractivity contribution in [3.63, 3.8) is 0 Å². The lowest BCUT2D eigenvalue weighted by Gasteiger charge is -2.28. The molecule has 2 saturated heterocycles. The molecule has 2 fully saturated rings. The molecule has 47 heavy (non-hydrogen) atoms. The summed E-state index contributed by atoms with van der Waals surface area (Å²) in [5.41, 5.74) is 5.42. The van der Waals surface area contributed by atoms with Gasteiger partial charge >= 0.3 is 18.6 Å². The zero-order chi connectivity index (χ0) is 33.9. The van der Waals surface area contributed by atoms with Gasteiger partial charge in [-0.1, -0.05) is 6.92 Å². The van der Waals surface area contributed by atoms with Crippen molar-refractivity contribution in [2.75, 3.05) is 32.0 Å². The molecule has 0 spiro atoms. The second-order valence-electron chi connectivity index (χ2n) is 11.0. The van der Waals surface area contributed by atoms with Crippen LogP contribution in [-0.2, 0) is 37.3 Å². The molecule has 8 unspecified atom stereocenters. The number of H-pyrrole nitrogens is 1. The molecule has 2 aliphatic rings. The van der Waals surface area contributed by atoms with Crippen LogP contribution < -0.4 is 17.0 Å². The Morgan fingerprint density at radius 1 is 1.21 bits per heavy atom. The minimum absolute atomic E-state index is 0.0874. The third-order valence-corrected chi connectivity index (χ3v) is 10.8. The lowest BCUT2D eigenvalue weighted by molar-refractivity contribution is -0.0625. The molecule has 5 rings (SSSR count). The number of nitrogens with zero attached hydrogens (tertiary/aromatic N) is 5. The molecule has 5 heterocycles. The molecule has 258 valence electrons. The van der Waals surface area contributed by atoms with Gasteiger partial charge in [0.25, 0.3) is 5.56 Å². The number of methoxy groups -OCH3 is 1. The number of aliphatic hydroxyl groups excluding tert-OH is 1. The van der Waals surface area contributed by atoms with Gasteiger partial charge < -0.3 is 34.5 Å². The fourth-order valence-corrected chi connectivity index (χ4v) is 7.98. The molecule has 21 heteroatoms. The molecule has 0 saturated carbocycles. The van der Waals surface area contributed by atoms with E-state index in [0.29, 0.717) is 29.0 Å². The summed E-state index contributed by atoms with van der Waals surface area (Å²) < 4.78 is 56.7. The Balaban J connectivity index is 1.34. The second-order valence-corrected chi connectivity index (χ2v) is 15.0. The first-order chi connectivity index (χ1) is 22.4. The largest absolute Gasteiger partial charge is 0.509 e. The molecule has 0 bridgehead atoms. The Bertz CT molecular complexity index is 1720. The van der Waals surface area contributed by atoms with Crippen molar-refractivity contribution in [2.24, 2.45) is 5.92 Å². The molecule has 3 aromatic rings. The van der Waals surface area contributed by atoms with E-state index in [-0.39, 0.29) is 18.3 Å². The highest BCUT2D eigenvalue weighted by Gasteiger charge is 2.51. The van der Waals surface area contributed by atoms with E-state index in [4.69, 9.17) is 38.5 Å². The van der Waals surface area contributed by atoms with Crippen molar-refractivity contribution < 1.29 is 47.2 Å². The summed E-state index contributed by atoms with van der Waals surface area (Å²) in [5.74, 6) is -0.337. The lowest BCUT2D eigenvalue weighted by Crippen LogP contribution is -2.39. The van der Waals surface area contributed by atoms with Crippen molar-refractivity contribution in [1.29, 1.82) is 0 Å². The van der Waals surface area contributed by atoms with Crippen LogP contribution >= 0.6 is 18.2 Å². The number of hydrogen-bond acceptors (Lipinski definition) is 17. The molecule has 3 aromatic heterocycles. The van der Waals surface area contributed by atoms with Crippen molar-refractivity contribution in [2.45, 2.75) is 70.2 Å². The van der Waals surface area contributed by atoms with E-state index in [0.717, 1.165) is 10.6 Å². The predicted octanol–water partition coefficient (Wildman–Crippen LogP) is 1.55. The van der Waals surface area contributed by atoms with E-state index in [1.165, 1.54) is 19.6 Å². The van der Waals surface area contributed by atoms with Crippen LogP contribution in [0.25, 0.3) is 11.2 Å². The van der Waals surface area contributed by atoms with Gasteiger partial charge in [-0.3, -0.25) is 28.0 Å². The predicted molar refractivity (Wildman–Crippen MR) is 164 cm³/mol. The van der Waals surface area contributed by atoms with Crippen LogP contribution in [0.1, 0.15) is 39.6 Å². The lowest BCUT2D eigenvalue weighted by atomic mass is 10.0. The smallest absolute Gasteiger partial charge is 0.432 e. The number of aliphatic hydroxyl groups is 1. The van der Waals surface area contributed by atoms with E-state index in [1.54, 1.807) is 24.7 Å².